The summed E-state index contributed by atoms with van der Waals surface area (Å²) in [5.74, 6) is 1.40. The highest BCUT2D eigenvalue weighted by molar-refractivity contribution is 14.1. The van der Waals surface area contributed by atoms with Gasteiger partial charge in [0.05, 0.1) is 6.54 Å². The average molecular weight is 596 g/mol. The highest BCUT2D eigenvalue weighted by Gasteiger charge is 2.23. The summed E-state index contributed by atoms with van der Waals surface area (Å²) in [4.78, 5) is 5.16. The zero-order valence-corrected chi connectivity index (χ0v) is 24.7. The standard InChI is InChI=1S/C32H38INS/c1-8-9-31(30-19-24(5)12-15-28(30)22(2)3)34(7)21-27-14-17-32(35-27)29-16-11-23(4)10-13-26(29)18-25(6)20-33/h8-17,19-20,23,26,29H,1-2,18,21H2,3-7H3/b25-20-,31-9+/t23-,26?,29?/m0/s1. The number of hydrogen-bond acceptors (Lipinski definition) is 2. The van der Waals surface area contributed by atoms with Crippen LogP contribution in [-0.4, -0.2) is 11.9 Å². The minimum absolute atomic E-state index is 0.418. The minimum Gasteiger partial charge on any atom is -0.369 e. The number of rotatable bonds is 9. The largest absolute Gasteiger partial charge is 0.369 e. The maximum atomic E-state index is 4.22. The first-order valence-corrected chi connectivity index (χ1v) is 14.3. The fourth-order valence-electron chi connectivity index (χ4n) is 4.61. The summed E-state index contributed by atoms with van der Waals surface area (Å²) in [5.41, 5.74) is 7.33. The molecule has 3 rings (SSSR count). The normalized spacial score (nSPS) is 20.6. The van der Waals surface area contributed by atoms with Crippen molar-refractivity contribution in [1.82, 2.24) is 4.90 Å². The summed E-state index contributed by atoms with van der Waals surface area (Å²) in [7, 11) is 2.17. The molecule has 0 bridgehead atoms. The third kappa shape index (κ3) is 7.20. The van der Waals surface area contributed by atoms with Crippen LogP contribution in [0.4, 0.5) is 0 Å². The molecule has 0 aliphatic heterocycles. The summed E-state index contributed by atoms with van der Waals surface area (Å²) < 4.78 is 2.22. The van der Waals surface area contributed by atoms with Crippen LogP contribution in [0.5, 0.6) is 0 Å². The topological polar surface area (TPSA) is 3.24 Å². The van der Waals surface area contributed by atoms with E-state index in [1.807, 2.05) is 17.4 Å². The van der Waals surface area contributed by atoms with Crippen LogP contribution in [0.25, 0.3) is 11.3 Å². The number of allylic oxidation sites excluding steroid dienone is 8. The summed E-state index contributed by atoms with van der Waals surface area (Å²) >= 11 is 4.31. The number of thiophene rings is 1. The van der Waals surface area contributed by atoms with Crippen molar-refractivity contribution in [3.63, 3.8) is 0 Å². The highest BCUT2D eigenvalue weighted by Crippen LogP contribution is 2.39. The Balaban J connectivity index is 1.88. The zero-order valence-electron chi connectivity index (χ0n) is 21.7. The lowest BCUT2D eigenvalue weighted by Gasteiger charge is -2.25. The molecule has 0 fully saturated rings. The van der Waals surface area contributed by atoms with Crippen LogP contribution in [0.1, 0.15) is 59.6 Å². The van der Waals surface area contributed by atoms with Gasteiger partial charge in [0.25, 0.3) is 0 Å². The van der Waals surface area contributed by atoms with Crippen molar-refractivity contribution in [3.05, 3.63) is 116 Å². The third-order valence-electron chi connectivity index (χ3n) is 6.49. The Morgan fingerprint density at radius 1 is 1.09 bits per heavy atom. The molecular weight excluding hydrogens is 557 g/mol. The second kappa shape index (κ2) is 12.7. The Kier molecular flexibility index (Phi) is 9.99. The maximum Gasteiger partial charge on any atom is 0.0519 e. The van der Waals surface area contributed by atoms with Gasteiger partial charge in [0.1, 0.15) is 0 Å². The summed E-state index contributed by atoms with van der Waals surface area (Å²) in [5, 5.41) is 0. The number of hydrogen-bond donors (Lipinski definition) is 0. The quantitative estimate of drug-likeness (QED) is 0.158. The molecule has 3 atom stereocenters. The molecular formula is C32H38INS. The van der Waals surface area contributed by atoms with Gasteiger partial charge >= 0.3 is 0 Å². The lowest BCUT2D eigenvalue weighted by molar-refractivity contribution is 0.480. The molecule has 1 aromatic heterocycles. The molecule has 1 aliphatic carbocycles. The van der Waals surface area contributed by atoms with Crippen LogP contribution in [0.2, 0.25) is 0 Å². The number of nitrogens with zero attached hydrogens (tertiary/aromatic N) is 1. The van der Waals surface area contributed by atoms with Gasteiger partial charge in [-0.05, 0) is 72.9 Å². The molecule has 2 unspecified atom stereocenters. The van der Waals surface area contributed by atoms with Gasteiger partial charge in [0, 0.05) is 34.0 Å². The lowest BCUT2D eigenvalue weighted by atomic mass is 9.86. The summed E-state index contributed by atoms with van der Waals surface area (Å²) in [6, 6.07) is 11.2. The van der Waals surface area contributed by atoms with E-state index in [1.165, 1.54) is 37.7 Å². The van der Waals surface area contributed by atoms with Crippen molar-refractivity contribution in [2.24, 2.45) is 11.8 Å². The predicted octanol–water partition coefficient (Wildman–Crippen LogP) is 9.94. The highest BCUT2D eigenvalue weighted by atomic mass is 127. The Hall–Kier alpha value is -2.11. The zero-order chi connectivity index (χ0) is 25.5. The summed E-state index contributed by atoms with van der Waals surface area (Å²) in [6.07, 6.45) is 14.7. The van der Waals surface area contributed by atoms with E-state index in [1.54, 1.807) is 0 Å². The summed E-state index contributed by atoms with van der Waals surface area (Å²) in [6.45, 7) is 17.8. The van der Waals surface area contributed by atoms with Crippen molar-refractivity contribution in [3.8, 4) is 0 Å². The van der Waals surface area contributed by atoms with Gasteiger partial charge in [-0.3, -0.25) is 0 Å². The van der Waals surface area contributed by atoms with Gasteiger partial charge in [-0.15, -0.1) is 11.3 Å². The van der Waals surface area contributed by atoms with E-state index >= 15 is 0 Å². The molecule has 1 heterocycles. The molecule has 0 N–H and O–H groups in total. The first-order chi connectivity index (χ1) is 16.7. The van der Waals surface area contributed by atoms with Crippen LogP contribution < -0.4 is 0 Å². The Bertz CT molecular complexity index is 1180. The van der Waals surface area contributed by atoms with Gasteiger partial charge in [0.2, 0.25) is 0 Å². The molecule has 0 radical (unpaired) electrons. The van der Waals surface area contributed by atoms with Crippen LogP contribution >= 0.6 is 33.9 Å². The van der Waals surface area contributed by atoms with Crippen molar-refractivity contribution in [2.45, 2.75) is 46.6 Å². The molecule has 1 aromatic carbocycles. The van der Waals surface area contributed by atoms with Gasteiger partial charge < -0.3 is 4.90 Å². The van der Waals surface area contributed by atoms with Gasteiger partial charge in [-0.1, -0.05) is 102 Å². The van der Waals surface area contributed by atoms with E-state index in [0.29, 0.717) is 17.8 Å². The second-order valence-electron chi connectivity index (χ2n) is 9.76. The monoisotopic (exact) mass is 595 g/mol. The molecule has 0 saturated heterocycles. The molecule has 0 amide bonds. The van der Waals surface area contributed by atoms with Crippen LogP contribution in [-0.2, 0) is 6.54 Å². The van der Waals surface area contributed by atoms with Crippen molar-refractivity contribution >= 4 is 45.2 Å². The molecule has 0 spiro atoms. The van der Waals surface area contributed by atoms with E-state index in [0.717, 1.165) is 18.5 Å². The first-order valence-electron chi connectivity index (χ1n) is 12.2. The fourth-order valence-corrected chi connectivity index (χ4v) is 6.09. The SMILES string of the molecule is C=C/C=C(\c1cc(C)ccc1C(=C)C)N(C)Cc1ccc(C2C=C[C@@H](C)C=CC2C/C(C)=C\I)s1. The van der Waals surface area contributed by atoms with Gasteiger partial charge in [-0.2, -0.15) is 0 Å². The molecule has 0 saturated carbocycles. The second-order valence-corrected chi connectivity index (χ2v) is 11.6. The Morgan fingerprint density at radius 2 is 1.83 bits per heavy atom. The van der Waals surface area contributed by atoms with Crippen LogP contribution in [0.3, 0.4) is 0 Å². The molecule has 184 valence electrons. The van der Waals surface area contributed by atoms with E-state index in [-0.39, 0.29) is 0 Å². The van der Waals surface area contributed by atoms with Crippen LogP contribution in [0, 0.1) is 18.8 Å². The smallest absolute Gasteiger partial charge is 0.0519 e. The number of aryl methyl sites for hydroxylation is 1. The predicted molar refractivity (Wildman–Crippen MR) is 166 cm³/mol. The lowest BCUT2D eigenvalue weighted by Crippen LogP contribution is -2.16. The maximum absolute atomic E-state index is 4.22. The van der Waals surface area contributed by atoms with Gasteiger partial charge in [-0.25, -0.2) is 0 Å². The van der Waals surface area contributed by atoms with Gasteiger partial charge in [0.15, 0.2) is 0 Å². The third-order valence-corrected chi connectivity index (χ3v) is 8.73. The first kappa shape index (κ1) is 27.5. The molecule has 1 nitrogen and oxygen atoms in total. The molecule has 35 heavy (non-hydrogen) atoms. The van der Waals surface area contributed by atoms with E-state index < -0.39 is 0 Å². The molecule has 1 aliphatic rings. The van der Waals surface area contributed by atoms with E-state index in [9.17, 15) is 0 Å². The fraction of sp³-hybridized carbons (Fsp3) is 0.312. The number of benzene rings is 1. The van der Waals surface area contributed by atoms with E-state index in [2.05, 4.69) is 140 Å². The minimum atomic E-state index is 0.418. The molecule has 3 heteroatoms. The van der Waals surface area contributed by atoms with E-state index in [4.69, 9.17) is 0 Å². The average Bonchev–Trinajstić information content (AvgIpc) is 3.20. The van der Waals surface area contributed by atoms with Crippen molar-refractivity contribution < 1.29 is 0 Å². The van der Waals surface area contributed by atoms with Crippen molar-refractivity contribution in [1.29, 1.82) is 0 Å². The number of halogens is 1. The molecule has 2 aromatic rings. The van der Waals surface area contributed by atoms with Crippen LogP contribution in [0.15, 0.2) is 89.6 Å². The Morgan fingerprint density at radius 3 is 2.51 bits per heavy atom. The van der Waals surface area contributed by atoms with Crippen molar-refractivity contribution in [2.75, 3.05) is 7.05 Å². The Labute approximate surface area is 230 Å².